The van der Waals surface area contributed by atoms with E-state index in [1.54, 1.807) is 0 Å². The molecule has 2 nitrogen and oxygen atoms in total. The van der Waals surface area contributed by atoms with Gasteiger partial charge in [0.2, 0.25) is 0 Å². The van der Waals surface area contributed by atoms with Gasteiger partial charge in [-0.1, -0.05) is 20.3 Å². The molecule has 1 unspecified atom stereocenters. The van der Waals surface area contributed by atoms with Gasteiger partial charge in [-0.25, -0.2) is 0 Å². The third-order valence-electron chi connectivity index (χ3n) is 2.98. The van der Waals surface area contributed by atoms with Gasteiger partial charge in [-0.15, -0.1) is 0 Å². The highest BCUT2D eigenvalue weighted by atomic mass is 15.2. The van der Waals surface area contributed by atoms with Crippen LogP contribution in [0.5, 0.6) is 0 Å². The van der Waals surface area contributed by atoms with Gasteiger partial charge in [-0.2, -0.15) is 0 Å². The molecule has 0 aliphatic heterocycles. The second kappa shape index (κ2) is 5.61. The molecule has 1 rings (SSSR count). The topological polar surface area (TPSA) is 29.3 Å². The van der Waals surface area contributed by atoms with Crippen molar-refractivity contribution in [3.05, 3.63) is 0 Å². The molecule has 13 heavy (non-hydrogen) atoms. The number of nitrogens with two attached hydrogens (primary N) is 1. The van der Waals surface area contributed by atoms with Crippen molar-refractivity contribution in [1.29, 1.82) is 0 Å². The van der Waals surface area contributed by atoms with E-state index in [4.69, 9.17) is 5.73 Å². The van der Waals surface area contributed by atoms with Crippen molar-refractivity contribution in [2.75, 3.05) is 19.6 Å². The second-order valence-electron chi connectivity index (χ2n) is 4.24. The van der Waals surface area contributed by atoms with Gasteiger partial charge in [-0.05, 0) is 38.3 Å². The molecule has 0 radical (unpaired) electrons. The Morgan fingerprint density at radius 3 is 2.46 bits per heavy atom. The summed E-state index contributed by atoms with van der Waals surface area (Å²) in [5.74, 6) is 0.715. The highest BCUT2D eigenvalue weighted by Crippen LogP contribution is 2.27. The summed E-state index contributed by atoms with van der Waals surface area (Å²) in [7, 11) is 0. The Kier molecular flexibility index (Phi) is 4.74. The summed E-state index contributed by atoms with van der Waals surface area (Å²) in [6, 6.07) is 0.903. The zero-order valence-electron chi connectivity index (χ0n) is 9.13. The Labute approximate surface area is 82.5 Å². The Morgan fingerprint density at radius 2 is 2.08 bits per heavy atom. The first-order valence-electron chi connectivity index (χ1n) is 5.75. The van der Waals surface area contributed by atoms with Crippen LogP contribution in [0.15, 0.2) is 0 Å². The third kappa shape index (κ3) is 3.65. The predicted molar refractivity (Wildman–Crippen MR) is 57.7 cm³/mol. The average Bonchev–Trinajstić information content (AvgIpc) is 2.95. The molecule has 1 fully saturated rings. The summed E-state index contributed by atoms with van der Waals surface area (Å²) >= 11 is 0. The van der Waals surface area contributed by atoms with Crippen LogP contribution in [0.2, 0.25) is 0 Å². The molecule has 0 heterocycles. The van der Waals surface area contributed by atoms with E-state index in [1.807, 2.05) is 0 Å². The number of hydrogen-bond acceptors (Lipinski definition) is 2. The molecule has 2 heteroatoms. The van der Waals surface area contributed by atoms with E-state index in [0.717, 1.165) is 12.6 Å². The molecule has 0 spiro atoms. The standard InChI is InChI=1S/C11H24N2/c1-3-7-13(11-5-6-11)9-10(4-2)8-12/h10-11H,3-9,12H2,1-2H3. The fourth-order valence-corrected chi connectivity index (χ4v) is 1.85. The highest BCUT2D eigenvalue weighted by molar-refractivity contribution is 4.85. The molecule has 78 valence electrons. The van der Waals surface area contributed by atoms with E-state index >= 15 is 0 Å². The minimum Gasteiger partial charge on any atom is -0.330 e. The minimum atomic E-state index is 0.715. The fourth-order valence-electron chi connectivity index (χ4n) is 1.85. The third-order valence-corrected chi connectivity index (χ3v) is 2.98. The predicted octanol–water partition coefficient (Wildman–Crippen LogP) is 1.85. The highest BCUT2D eigenvalue weighted by Gasteiger charge is 2.29. The van der Waals surface area contributed by atoms with Gasteiger partial charge in [0.05, 0.1) is 0 Å². The van der Waals surface area contributed by atoms with Crippen molar-refractivity contribution in [1.82, 2.24) is 4.90 Å². The van der Waals surface area contributed by atoms with E-state index in [1.165, 1.54) is 38.8 Å². The van der Waals surface area contributed by atoms with Crippen LogP contribution in [-0.2, 0) is 0 Å². The number of hydrogen-bond donors (Lipinski definition) is 1. The molecule has 0 amide bonds. The molecule has 1 atom stereocenters. The van der Waals surface area contributed by atoms with Gasteiger partial charge in [0.15, 0.2) is 0 Å². The Hall–Kier alpha value is -0.0800. The molecule has 0 aromatic carbocycles. The van der Waals surface area contributed by atoms with Crippen molar-refractivity contribution in [2.45, 2.75) is 45.6 Å². The van der Waals surface area contributed by atoms with Crippen molar-refractivity contribution < 1.29 is 0 Å². The van der Waals surface area contributed by atoms with Crippen LogP contribution >= 0.6 is 0 Å². The molecule has 1 aliphatic carbocycles. The van der Waals surface area contributed by atoms with Gasteiger partial charge >= 0.3 is 0 Å². The molecular weight excluding hydrogens is 160 g/mol. The molecule has 1 aliphatic rings. The SMILES string of the molecule is CCCN(CC(CC)CN)C1CC1. The summed E-state index contributed by atoms with van der Waals surface area (Å²) in [6.45, 7) is 7.85. The molecule has 2 N–H and O–H groups in total. The Balaban J connectivity index is 2.27. The lowest BCUT2D eigenvalue weighted by molar-refractivity contribution is 0.220. The van der Waals surface area contributed by atoms with Gasteiger partial charge in [0.1, 0.15) is 0 Å². The molecule has 0 aromatic rings. The van der Waals surface area contributed by atoms with Crippen LogP contribution < -0.4 is 5.73 Å². The lowest BCUT2D eigenvalue weighted by Gasteiger charge is -2.25. The maximum atomic E-state index is 5.72. The van der Waals surface area contributed by atoms with Crippen LogP contribution in [0.3, 0.4) is 0 Å². The molecule has 0 saturated heterocycles. The van der Waals surface area contributed by atoms with Crippen molar-refractivity contribution in [3.8, 4) is 0 Å². The maximum Gasteiger partial charge on any atom is 0.00965 e. The normalized spacial score (nSPS) is 19.4. The van der Waals surface area contributed by atoms with E-state index in [9.17, 15) is 0 Å². The lowest BCUT2D eigenvalue weighted by atomic mass is 10.1. The smallest absolute Gasteiger partial charge is 0.00965 e. The first-order valence-corrected chi connectivity index (χ1v) is 5.75. The quantitative estimate of drug-likeness (QED) is 0.654. The summed E-state index contributed by atoms with van der Waals surface area (Å²) in [6.07, 6.45) is 5.34. The molecule has 0 aromatic heterocycles. The minimum absolute atomic E-state index is 0.715. The second-order valence-corrected chi connectivity index (χ2v) is 4.24. The molecular formula is C11H24N2. The molecule has 0 bridgehead atoms. The van der Waals surface area contributed by atoms with E-state index < -0.39 is 0 Å². The molecule has 1 saturated carbocycles. The Bertz CT molecular complexity index is 128. The summed E-state index contributed by atoms with van der Waals surface area (Å²) in [5.41, 5.74) is 5.72. The zero-order chi connectivity index (χ0) is 9.68. The van der Waals surface area contributed by atoms with Crippen LogP contribution in [0.4, 0.5) is 0 Å². The number of rotatable bonds is 7. The zero-order valence-corrected chi connectivity index (χ0v) is 9.13. The first-order chi connectivity index (χ1) is 6.31. The lowest BCUT2D eigenvalue weighted by Crippen LogP contribution is -2.34. The van der Waals surface area contributed by atoms with Crippen molar-refractivity contribution in [2.24, 2.45) is 11.7 Å². The Morgan fingerprint density at radius 1 is 1.38 bits per heavy atom. The fraction of sp³-hybridized carbons (Fsp3) is 1.00. The maximum absolute atomic E-state index is 5.72. The van der Waals surface area contributed by atoms with Crippen molar-refractivity contribution >= 4 is 0 Å². The first kappa shape index (κ1) is 11.0. The largest absolute Gasteiger partial charge is 0.330 e. The van der Waals surface area contributed by atoms with Gasteiger partial charge in [-0.3, -0.25) is 0 Å². The average molecular weight is 184 g/mol. The monoisotopic (exact) mass is 184 g/mol. The van der Waals surface area contributed by atoms with E-state index in [2.05, 4.69) is 18.7 Å². The van der Waals surface area contributed by atoms with Gasteiger partial charge in [0, 0.05) is 12.6 Å². The summed E-state index contributed by atoms with van der Waals surface area (Å²) < 4.78 is 0. The van der Waals surface area contributed by atoms with E-state index in [-0.39, 0.29) is 0 Å². The summed E-state index contributed by atoms with van der Waals surface area (Å²) in [5, 5.41) is 0. The van der Waals surface area contributed by atoms with Crippen LogP contribution in [0, 0.1) is 5.92 Å². The van der Waals surface area contributed by atoms with Crippen LogP contribution in [0.1, 0.15) is 39.5 Å². The van der Waals surface area contributed by atoms with Gasteiger partial charge < -0.3 is 10.6 Å². The van der Waals surface area contributed by atoms with Crippen LogP contribution in [0.25, 0.3) is 0 Å². The summed E-state index contributed by atoms with van der Waals surface area (Å²) in [4.78, 5) is 2.64. The number of nitrogens with zero attached hydrogens (tertiary/aromatic N) is 1. The van der Waals surface area contributed by atoms with Crippen molar-refractivity contribution in [3.63, 3.8) is 0 Å². The van der Waals surface area contributed by atoms with Gasteiger partial charge in [0.25, 0.3) is 0 Å². The van der Waals surface area contributed by atoms with E-state index in [0.29, 0.717) is 5.92 Å². The van der Waals surface area contributed by atoms with Crippen LogP contribution in [-0.4, -0.2) is 30.6 Å².